The lowest BCUT2D eigenvalue weighted by molar-refractivity contribution is -0.144. The van der Waals surface area contributed by atoms with E-state index in [1.54, 1.807) is 18.3 Å². The van der Waals surface area contributed by atoms with Crippen molar-refractivity contribution in [1.82, 2.24) is 4.98 Å². The summed E-state index contributed by atoms with van der Waals surface area (Å²) in [6, 6.07) is 10.9. The Hall–Kier alpha value is -1.88. The second kappa shape index (κ2) is 6.33. The molecule has 1 aromatic heterocycles. The summed E-state index contributed by atoms with van der Waals surface area (Å²) < 4.78 is 6.04. The van der Waals surface area contributed by atoms with Crippen molar-refractivity contribution < 1.29 is 9.53 Å². The van der Waals surface area contributed by atoms with Crippen LogP contribution in [0, 0.1) is 0 Å². The van der Waals surface area contributed by atoms with E-state index >= 15 is 0 Å². The molecule has 0 aliphatic rings. The molecule has 0 aliphatic carbocycles. The molecule has 0 radical (unpaired) electrons. The van der Waals surface area contributed by atoms with Crippen molar-refractivity contribution in [3.05, 3.63) is 58.3 Å². The third-order valence-electron chi connectivity index (χ3n) is 2.56. The first kappa shape index (κ1) is 13.5. The molecule has 2 aromatic rings. The van der Waals surface area contributed by atoms with E-state index in [-0.39, 0.29) is 19.0 Å². The Balaban J connectivity index is 1.88. The molecule has 0 spiro atoms. The van der Waals surface area contributed by atoms with E-state index in [2.05, 4.69) is 20.9 Å². The highest BCUT2D eigenvalue weighted by Gasteiger charge is 2.07. The third-order valence-corrected chi connectivity index (χ3v) is 3.03. The van der Waals surface area contributed by atoms with Gasteiger partial charge in [0.05, 0.1) is 12.1 Å². The summed E-state index contributed by atoms with van der Waals surface area (Å²) >= 11 is 3.29. The Morgan fingerprint density at radius 3 is 2.74 bits per heavy atom. The maximum Gasteiger partial charge on any atom is 0.310 e. The summed E-state index contributed by atoms with van der Waals surface area (Å²) in [5.41, 5.74) is 7.85. The van der Waals surface area contributed by atoms with E-state index in [0.717, 1.165) is 10.0 Å². The number of hydrogen-bond acceptors (Lipinski definition) is 4. The molecule has 0 unspecified atom stereocenters. The SMILES string of the molecule is Nc1ccccc1CC(=O)OCc1ccc(Br)cn1. The van der Waals surface area contributed by atoms with Crippen LogP contribution in [0.1, 0.15) is 11.3 Å². The van der Waals surface area contributed by atoms with Crippen LogP contribution in [0.2, 0.25) is 0 Å². The minimum atomic E-state index is -0.317. The number of hydrogen-bond donors (Lipinski definition) is 1. The van der Waals surface area contributed by atoms with Crippen LogP contribution in [0.25, 0.3) is 0 Å². The largest absolute Gasteiger partial charge is 0.459 e. The number of pyridine rings is 1. The zero-order valence-corrected chi connectivity index (χ0v) is 11.8. The molecule has 2 rings (SSSR count). The maximum atomic E-state index is 11.7. The minimum Gasteiger partial charge on any atom is -0.459 e. The van der Waals surface area contributed by atoms with Crippen LogP contribution < -0.4 is 5.73 Å². The highest BCUT2D eigenvalue weighted by atomic mass is 79.9. The molecule has 1 aromatic carbocycles. The average Bonchev–Trinajstić information content (AvgIpc) is 2.41. The first-order chi connectivity index (χ1) is 9.15. The summed E-state index contributed by atoms with van der Waals surface area (Å²) in [6.45, 7) is 0.166. The Morgan fingerprint density at radius 1 is 1.26 bits per heavy atom. The number of nitrogens with zero attached hydrogens (tertiary/aromatic N) is 1. The quantitative estimate of drug-likeness (QED) is 0.695. The number of anilines is 1. The Labute approximate surface area is 119 Å². The Bertz CT molecular complexity index is 570. The van der Waals surface area contributed by atoms with Gasteiger partial charge in [-0.3, -0.25) is 9.78 Å². The van der Waals surface area contributed by atoms with Crippen LogP contribution in [0.5, 0.6) is 0 Å². The molecule has 0 aliphatic heterocycles. The molecule has 0 saturated carbocycles. The lowest BCUT2D eigenvalue weighted by atomic mass is 10.1. The van der Waals surface area contributed by atoms with Gasteiger partial charge in [0.1, 0.15) is 6.61 Å². The number of nitrogens with two attached hydrogens (primary N) is 1. The van der Waals surface area contributed by atoms with Crippen molar-refractivity contribution >= 4 is 27.6 Å². The fourth-order valence-electron chi connectivity index (χ4n) is 1.55. The smallest absolute Gasteiger partial charge is 0.310 e. The summed E-state index contributed by atoms with van der Waals surface area (Å²) in [5, 5.41) is 0. The van der Waals surface area contributed by atoms with Crippen molar-refractivity contribution in [3.8, 4) is 0 Å². The van der Waals surface area contributed by atoms with E-state index in [4.69, 9.17) is 10.5 Å². The molecule has 4 nitrogen and oxygen atoms in total. The number of aromatic nitrogens is 1. The van der Waals surface area contributed by atoms with Gasteiger partial charge in [0, 0.05) is 16.4 Å². The number of carbonyl (C=O) groups excluding carboxylic acids is 1. The third kappa shape index (κ3) is 4.06. The molecule has 98 valence electrons. The second-order valence-corrected chi connectivity index (χ2v) is 4.92. The lowest BCUT2D eigenvalue weighted by Crippen LogP contribution is -2.10. The molecule has 1 heterocycles. The van der Waals surface area contributed by atoms with Gasteiger partial charge in [0.2, 0.25) is 0 Å². The molecular formula is C14H13BrN2O2. The van der Waals surface area contributed by atoms with Crippen LogP contribution in [0.15, 0.2) is 47.1 Å². The van der Waals surface area contributed by atoms with Crippen molar-refractivity contribution in [2.45, 2.75) is 13.0 Å². The van der Waals surface area contributed by atoms with Crippen LogP contribution in [0.4, 0.5) is 5.69 Å². The van der Waals surface area contributed by atoms with Gasteiger partial charge in [-0.1, -0.05) is 18.2 Å². The zero-order chi connectivity index (χ0) is 13.7. The van der Waals surface area contributed by atoms with E-state index in [1.807, 2.05) is 24.3 Å². The summed E-state index contributed by atoms with van der Waals surface area (Å²) in [4.78, 5) is 15.8. The number of halogens is 1. The normalized spacial score (nSPS) is 10.2. The maximum absolute atomic E-state index is 11.7. The first-order valence-corrected chi connectivity index (χ1v) is 6.54. The van der Waals surface area contributed by atoms with Crippen molar-refractivity contribution in [1.29, 1.82) is 0 Å². The number of benzene rings is 1. The number of para-hydroxylation sites is 1. The topological polar surface area (TPSA) is 65.2 Å². The van der Waals surface area contributed by atoms with E-state index in [0.29, 0.717) is 11.4 Å². The van der Waals surface area contributed by atoms with E-state index < -0.39 is 0 Å². The standard InChI is InChI=1S/C14H13BrN2O2/c15-11-5-6-12(17-8-11)9-19-14(18)7-10-3-1-2-4-13(10)16/h1-6,8H,7,9,16H2. The van der Waals surface area contributed by atoms with Crippen molar-refractivity contribution in [3.63, 3.8) is 0 Å². The number of ether oxygens (including phenoxy) is 1. The fourth-order valence-corrected chi connectivity index (χ4v) is 1.78. The van der Waals surface area contributed by atoms with Gasteiger partial charge in [0.25, 0.3) is 0 Å². The monoisotopic (exact) mass is 320 g/mol. The molecule has 0 bridgehead atoms. The number of nitrogen functional groups attached to an aromatic ring is 1. The summed E-state index contributed by atoms with van der Waals surface area (Å²) in [5.74, 6) is -0.317. The molecule has 2 N–H and O–H groups in total. The number of rotatable bonds is 4. The van der Waals surface area contributed by atoms with Gasteiger partial charge >= 0.3 is 5.97 Å². The molecule has 0 atom stereocenters. The first-order valence-electron chi connectivity index (χ1n) is 5.74. The van der Waals surface area contributed by atoms with Crippen LogP contribution in [-0.2, 0) is 22.6 Å². The van der Waals surface area contributed by atoms with Crippen LogP contribution in [-0.4, -0.2) is 11.0 Å². The predicted molar refractivity (Wildman–Crippen MR) is 76.3 cm³/mol. The lowest BCUT2D eigenvalue weighted by Gasteiger charge is -2.06. The van der Waals surface area contributed by atoms with Crippen LogP contribution >= 0.6 is 15.9 Å². The van der Waals surface area contributed by atoms with Crippen molar-refractivity contribution in [2.24, 2.45) is 0 Å². The molecule has 19 heavy (non-hydrogen) atoms. The van der Waals surface area contributed by atoms with E-state index in [1.165, 1.54) is 0 Å². The fraction of sp³-hybridized carbons (Fsp3) is 0.143. The minimum absolute atomic E-state index is 0.166. The summed E-state index contributed by atoms with van der Waals surface area (Å²) in [6.07, 6.45) is 1.83. The van der Waals surface area contributed by atoms with Gasteiger partial charge in [-0.25, -0.2) is 0 Å². The molecular weight excluding hydrogens is 308 g/mol. The van der Waals surface area contributed by atoms with Gasteiger partial charge < -0.3 is 10.5 Å². The molecule has 0 fully saturated rings. The number of carbonyl (C=O) groups is 1. The number of esters is 1. The van der Waals surface area contributed by atoms with Crippen LogP contribution in [0.3, 0.4) is 0 Å². The zero-order valence-electron chi connectivity index (χ0n) is 10.2. The van der Waals surface area contributed by atoms with Gasteiger partial charge in [-0.15, -0.1) is 0 Å². The van der Waals surface area contributed by atoms with Crippen molar-refractivity contribution in [2.75, 3.05) is 5.73 Å². The molecule has 0 saturated heterocycles. The molecule has 0 amide bonds. The Kier molecular flexibility index (Phi) is 4.52. The van der Waals surface area contributed by atoms with Gasteiger partial charge in [0.15, 0.2) is 0 Å². The van der Waals surface area contributed by atoms with Gasteiger partial charge in [-0.2, -0.15) is 0 Å². The molecule has 5 heteroatoms. The summed E-state index contributed by atoms with van der Waals surface area (Å²) in [7, 11) is 0. The Morgan fingerprint density at radius 2 is 2.05 bits per heavy atom. The van der Waals surface area contributed by atoms with E-state index in [9.17, 15) is 4.79 Å². The predicted octanol–water partition coefficient (Wildman–Crippen LogP) is 2.71. The highest BCUT2D eigenvalue weighted by molar-refractivity contribution is 9.10. The van der Waals surface area contributed by atoms with Gasteiger partial charge in [-0.05, 0) is 39.7 Å². The highest BCUT2D eigenvalue weighted by Crippen LogP contribution is 2.12. The second-order valence-electron chi connectivity index (χ2n) is 4.00. The average molecular weight is 321 g/mol.